The third-order valence-electron chi connectivity index (χ3n) is 3.07. The molecule has 1 aliphatic heterocycles. The van der Waals surface area contributed by atoms with Crippen LogP contribution in [0.2, 0.25) is 0 Å². The van der Waals surface area contributed by atoms with E-state index in [2.05, 4.69) is 20.8 Å². The number of anilines is 1. The number of nitrogen functional groups attached to an aromatic ring is 1. The number of rotatable bonds is 1. The van der Waals surface area contributed by atoms with Crippen LogP contribution in [0.4, 0.5) is 5.69 Å². The van der Waals surface area contributed by atoms with Crippen molar-refractivity contribution >= 4 is 21.6 Å². The minimum absolute atomic E-state index is 0.422. The Hall–Kier alpha value is -1.05. The van der Waals surface area contributed by atoms with Gasteiger partial charge >= 0.3 is 0 Å². The fourth-order valence-electron chi connectivity index (χ4n) is 1.99. The normalized spacial score (nSPS) is 19.0. The van der Waals surface area contributed by atoms with Gasteiger partial charge in [0.1, 0.15) is 0 Å². The van der Waals surface area contributed by atoms with Crippen molar-refractivity contribution in [1.82, 2.24) is 0 Å². The zero-order valence-corrected chi connectivity index (χ0v) is 10.5. The number of nitrogens with two attached hydrogens (primary N) is 1. The lowest BCUT2D eigenvalue weighted by Crippen LogP contribution is -2.30. The van der Waals surface area contributed by atoms with Crippen molar-refractivity contribution in [3.05, 3.63) is 39.7 Å². The SMILES string of the molecule is [C-]#[N+]C1(c2ccc(N)c(Br)c2)CCOCC1. The lowest BCUT2D eigenvalue weighted by Gasteiger charge is -2.26. The van der Waals surface area contributed by atoms with Gasteiger partial charge in [0.15, 0.2) is 0 Å². The van der Waals surface area contributed by atoms with Crippen LogP contribution in [0.1, 0.15) is 18.4 Å². The average molecular weight is 281 g/mol. The van der Waals surface area contributed by atoms with Crippen LogP contribution in [0.3, 0.4) is 0 Å². The van der Waals surface area contributed by atoms with Crippen LogP contribution in [-0.2, 0) is 10.3 Å². The molecular formula is C12H13BrN2O. The summed E-state index contributed by atoms with van der Waals surface area (Å²) < 4.78 is 6.18. The van der Waals surface area contributed by atoms with Crippen LogP contribution < -0.4 is 5.73 Å². The fourth-order valence-corrected chi connectivity index (χ4v) is 2.37. The van der Waals surface area contributed by atoms with Gasteiger partial charge in [0, 0.05) is 15.7 Å². The molecule has 1 fully saturated rings. The number of hydrogen-bond acceptors (Lipinski definition) is 2. The first kappa shape index (κ1) is 11.4. The molecule has 16 heavy (non-hydrogen) atoms. The largest absolute Gasteiger partial charge is 0.398 e. The first-order valence-electron chi connectivity index (χ1n) is 5.20. The van der Waals surface area contributed by atoms with E-state index in [1.807, 2.05) is 18.2 Å². The molecule has 84 valence electrons. The highest BCUT2D eigenvalue weighted by Crippen LogP contribution is 2.38. The second-order valence-electron chi connectivity index (χ2n) is 3.99. The zero-order valence-electron chi connectivity index (χ0n) is 8.87. The fraction of sp³-hybridized carbons (Fsp3) is 0.417. The Labute approximate surface area is 104 Å². The predicted molar refractivity (Wildman–Crippen MR) is 66.9 cm³/mol. The van der Waals surface area contributed by atoms with E-state index in [1.54, 1.807) is 0 Å². The van der Waals surface area contributed by atoms with Crippen LogP contribution >= 0.6 is 15.9 Å². The summed E-state index contributed by atoms with van der Waals surface area (Å²) in [5.74, 6) is 0. The van der Waals surface area contributed by atoms with Gasteiger partial charge in [-0.1, -0.05) is 0 Å². The van der Waals surface area contributed by atoms with Crippen molar-refractivity contribution in [2.75, 3.05) is 18.9 Å². The molecule has 0 saturated carbocycles. The Morgan fingerprint density at radius 3 is 2.62 bits per heavy atom. The monoisotopic (exact) mass is 280 g/mol. The molecule has 1 aromatic rings. The molecule has 0 atom stereocenters. The Morgan fingerprint density at radius 2 is 2.06 bits per heavy atom. The quantitative estimate of drug-likeness (QED) is 0.635. The maximum absolute atomic E-state index is 7.43. The molecule has 4 heteroatoms. The van der Waals surface area contributed by atoms with E-state index in [9.17, 15) is 0 Å². The molecule has 0 unspecified atom stereocenters. The van der Waals surface area contributed by atoms with Crippen LogP contribution in [0, 0.1) is 6.57 Å². The van der Waals surface area contributed by atoms with Gasteiger partial charge in [-0.2, -0.15) is 0 Å². The summed E-state index contributed by atoms with van der Waals surface area (Å²) in [5.41, 5.74) is 7.07. The number of ether oxygens (including phenoxy) is 1. The van der Waals surface area contributed by atoms with Gasteiger partial charge in [0.25, 0.3) is 5.54 Å². The Kier molecular flexibility index (Phi) is 3.17. The Morgan fingerprint density at radius 1 is 1.38 bits per heavy atom. The van der Waals surface area contributed by atoms with E-state index >= 15 is 0 Å². The molecule has 0 aromatic heterocycles. The van der Waals surface area contributed by atoms with Crippen LogP contribution in [0.25, 0.3) is 4.85 Å². The summed E-state index contributed by atoms with van der Waals surface area (Å²) >= 11 is 3.41. The molecule has 0 amide bonds. The van der Waals surface area contributed by atoms with Gasteiger partial charge < -0.3 is 15.3 Å². The van der Waals surface area contributed by atoms with E-state index in [1.165, 1.54) is 0 Å². The summed E-state index contributed by atoms with van der Waals surface area (Å²) in [7, 11) is 0. The molecular weight excluding hydrogens is 268 g/mol. The van der Waals surface area contributed by atoms with Crippen molar-refractivity contribution < 1.29 is 4.74 Å². The molecule has 1 heterocycles. The van der Waals surface area contributed by atoms with Crippen molar-refractivity contribution in [3.63, 3.8) is 0 Å². The zero-order chi connectivity index (χ0) is 11.6. The summed E-state index contributed by atoms with van der Waals surface area (Å²) in [5, 5.41) is 0. The van der Waals surface area contributed by atoms with Crippen LogP contribution in [0.15, 0.2) is 22.7 Å². The highest BCUT2D eigenvalue weighted by molar-refractivity contribution is 9.10. The van der Waals surface area contributed by atoms with Gasteiger partial charge in [0.2, 0.25) is 0 Å². The predicted octanol–water partition coefficient (Wildman–Crippen LogP) is 2.96. The number of hydrogen-bond donors (Lipinski definition) is 1. The van der Waals surface area contributed by atoms with E-state index in [-0.39, 0.29) is 0 Å². The molecule has 2 N–H and O–H groups in total. The minimum Gasteiger partial charge on any atom is -0.398 e. The van der Waals surface area contributed by atoms with Gasteiger partial charge in [-0.3, -0.25) is 0 Å². The standard InChI is InChI=1S/C12H13BrN2O/c1-15-12(4-6-16-7-5-12)9-2-3-11(14)10(13)8-9/h2-3,8H,4-7,14H2. The van der Waals surface area contributed by atoms with Gasteiger partial charge in [0.05, 0.1) is 26.1 Å². The van der Waals surface area contributed by atoms with Gasteiger partial charge in [-0.15, -0.1) is 0 Å². The average Bonchev–Trinajstić information content (AvgIpc) is 2.33. The third-order valence-corrected chi connectivity index (χ3v) is 3.76. The lowest BCUT2D eigenvalue weighted by atomic mass is 9.83. The first-order valence-corrected chi connectivity index (χ1v) is 5.99. The molecule has 2 rings (SSSR count). The van der Waals surface area contributed by atoms with Gasteiger partial charge in [-0.25, -0.2) is 6.57 Å². The first-order chi connectivity index (χ1) is 7.68. The van der Waals surface area contributed by atoms with Crippen molar-refractivity contribution in [2.45, 2.75) is 18.4 Å². The second-order valence-corrected chi connectivity index (χ2v) is 4.85. The van der Waals surface area contributed by atoms with E-state index < -0.39 is 5.54 Å². The highest BCUT2D eigenvalue weighted by atomic mass is 79.9. The number of nitrogens with zero attached hydrogens (tertiary/aromatic N) is 1. The molecule has 0 bridgehead atoms. The van der Waals surface area contributed by atoms with Crippen molar-refractivity contribution in [2.24, 2.45) is 0 Å². The summed E-state index contributed by atoms with van der Waals surface area (Å²) in [6, 6.07) is 5.75. The maximum Gasteiger partial charge on any atom is 0.262 e. The molecule has 3 nitrogen and oxygen atoms in total. The molecule has 1 saturated heterocycles. The Balaban J connectivity index is 2.40. The second kappa shape index (κ2) is 4.44. The number of halogens is 1. The van der Waals surface area contributed by atoms with Gasteiger partial charge in [-0.05, 0) is 34.1 Å². The third kappa shape index (κ3) is 1.93. The molecule has 0 spiro atoms. The molecule has 1 aliphatic rings. The molecule has 0 aliphatic carbocycles. The maximum atomic E-state index is 7.43. The van der Waals surface area contributed by atoms with Crippen molar-refractivity contribution in [1.29, 1.82) is 0 Å². The number of benzene rings is 1. The van der Waals surface area contributed by atoms with E-state index in [0.29, 0.717) is 18.9 Å². The van der Waals surface area contributed by atoms with Crippen LogP contribution in [0.5, 0.6) is 0 Å². The molecule has 1 aromatic carbocycles. The lowest BCUT2D eigenvalue weighted by molar-refractivity contribution is 0.0646. The summed E-state index contributed by atoms with van der Waals surface area (Å²) in [4.78, 5) is 3.83. The highest BCUT2D eigenvalue weighted by Gasteiger charge is 2.40. The summed E-state index contributed by atoms with van der Waals surface area (Å²) in [6.07, 6.45) is 1.51. The topological polar surface area (TPSA) is 39.6 Å². The van der Waals surface area contributed by atoms with Crippen LogP contribution in [-0.4, -0.2) is 13.2 Å². The van der Waals surface area contributed by atoms with E-state index in [0.717, 1.165) is 22.9 Å². The van der Waals surface area contributed by atoms with E-state index in [4.69, 9.17) is 17.0 Å². The smallest absolute Gasteiger partial charge is 0.262 e. The minimum atomic E-state index is -0.422. The Bertz CT molecular complexity index is 433. The summed E-state index contributed by atoms with van der Waals surface area (Å²) in [6.45, 7) is 8.74. The van der Waals surface area contributed by atoms with Crippen molar-refractivity contribution in [3.8, 4) is 0 Å². The molecule has 0 radical (unpaired) electrons.